The molecule has 2 N–H and O–H groups in total. The maximum atomic E-state index is 12.8. The first-order valence-electron chi connectivity index (χ1n) is 11.0. The van der Waals surface area contributed by atoms with E-state index in [9.17, 15) is 13.2 Å². The Morgan fingerprint density at radius 3 is 2.29 bits per heavy atom. The molecule has 4 aromatic carbocycles. The monoisotopic (exact) mass is 474 g/mol. The molecule has 0 radical (unpaired) electrons. The van der Waals surface area contributed by atoms with Gasteiger partial charge in [0, 0.05) is 11.4 Å². The summed E-state index contributed by atoms with van der Waals surface area (Å²) in [6.45, 7) is 3.76. The molecule has 34 heavy (non-hydrogen) atoms. The molecule has 0 spiro atoms. The number of carbonyl (C=O) groups excluding carboxylic acids is 1. The minimum Gasteiger partial charge on any atom is -0.481 e. The summed E-state index contributed by atoms with van der Waals surface area (Å²) in [5, 5.41) is 4.94. The van der Waals surface area contributed by atoms with Gasteiger partial charge in [0.05, 0.1) is 4.90 Å². The van der Waals surface area contributed by atoms with E-state index in [-0.39, 0.29) is 10.8 Å². The van der Waals surface area contributed by atoms with Gasteiger partial charge >= 0.3 is 0 Å². The standard InChI is InChI=1S/C27H26N2O4S/c1-3-26(33-24-14-11-20-8-4-5-9-21(20)18-24)27(30)28-22-12-15-25(16-13-22)34(31,32)29-23-10-6-7-19(2)17-23/h4-18,26,29H,3H2,1-2H3,(H,28,30). The third-order valence-electron chi connectivity index (χ3n) is 5.36. The lowest BCUT2D eigenvalue weighted by molar-refractivity contribution is -0.122. The van der Waals surface area contributed by atoms with Gasteiger partial charge in [-0.1, -0.05) is 49.4 Å². The van der Waals surface area contributed by atoms with Gasteiger partial charge in [0.25, 0.3) is 15.9 Å². The normalized spacial score (nSPS) is 12.2. The molecule has 1 atom stereocenters. The lowest BCUT2D eigenvalue weighted by atomic mass is 10.1. The first-order valence-corrected chi connectivity index (χ1v) is 12.5. The Hall–Kier alpha value is -3.84. The molecule has 0 aliphatic rings. The quantitative estimate of drug-likeness (QED) is 0.341. The number of carbonyl (C=O) groups is 1. The maximum Gasteiger partial charge on any atom is 0.265 e. The van der Waals surface area contributed by atoms with Crippen LogP contribution < -0.4 is 14.8 Å². The predicted octanol–water partition coefficient (Wildman–Crippen LogP) is 5.75. The van der Waals surface area contributed by atoms with E-state index in [0.29, 0.717) is 23.5 Å². The fourth-order valence-corrected chi connectivity index (χ4v) is 4.64. The molecule has 0 saturated heterocycles. The van der Waals surface area contributed by atoms with Gasteiger partial charge in [-0.2, -0.15) is 0 Å². The van der Waals surface area contributed by atoms with Crippen molar-refractivity contribution in [2.24, 2.45) is 0 Å². The molecule has 1 amide bonds. The maximum absolute atomic E-state index is 12.8. The summed E-state index contributed by atoms with van der Waals surface area (Å²) >= 11 is 0. The first kappa shape index (κ1) is 23.3. The molecule has 6 nitrogen and oxygen atoms in total. The van der Waals surface area contributed by atoms with Crippen LogP contribution in [0.1, 0.15) is 18.9 Å². The van der Waals surface area contributed by atoms with Crippen LogP contribution in [0.3, 0.4) is 0 Å². The Kier molecular flexibility index (Phi) is 6.84. The summed E-state index contributed by atoms with van der Waals surface area (Å²) in [7, 11) is -3.74. The zero-order chi connectivity index (χ0) is 24.1. The van der Waals surface area contributed by atoms with Gasteiger partial charge in [-0.25, -0.2) is 8.42 Å². The zero-order valence-electron chi connectivity index (χ0n) is 19.0. The average molecular weight is 475 g/mol. The molecule has 4 rings (SSSR count). The molecular formula is C27H26N2O4S. The van der Waals surface area contributed by atoms with E-state index in [1.54, 1.807) is 30.3 Å². The van der Waals surface area contributed by atoms with Crippen LogP contribution in [0.2, 0.25) is 0 Å². The van der Waals surface area contributed by atoms with Crippen LogP contribution in [0.15, 0.2) is 95.9 Å². The number of amides is 1. The smallest absolute Gasteiger partial charge is 0.265 e. The van der Waals surface area contributed by atoms with Crippen LogP contribution in [0.4, 0.5) is 11.4 Å². The summed E-state index contributed by atoms with van der Waals surface area (Å²) in [4.78, 5) is 12.9. The second-order valence-electron chi connectivity index (χ2n) is 8.01. The third kappa shape index (κ3) is 5.55. The van der Waals surface area contributed by atoms with Crippen molar-refractivity contribution < 1.29 is 17.9 Å². The van der Waals surface area contributed by atoms with Crippen LogP contribution in [0, 0.1) is 6.92 Å². The molecule has 0 aliphatic carbocycles. The molecule has 1 unspecified atom stereocenters. The third-order valence-corrected chi connectivity index (χ3v) is 6.76. The second-order valence-corrected chi connectivity index (χ2v) is 9.69. The summed E-state index contributed by atoms with van der Waals surface area (Å²) in [6.07, 6.45) is -0.210. The lowest BCUT2D eigenvalue weighted by Crippen LogP contribution is -2.32. The predicted molar refractivity (Wildman–Crippen MR) is 136 cm³/mol. The van der Waals surface area contributed by atoms with Crippen molar-refractivity contribution in [3.63, 3.8) is 0 Å². The largest absolute Gasteiger partial charge is 0.481 e. The Morgan fingerprint density at radius 2 is 1.59 bits per heavy atom. The molecule has 174 valence electrons. The molecular weight excluding hydrogens is 448 g/mol. The van der Waals surface area contributed by atoms with E-state index in [0.717, 1.165) is 16.3 Å². The minimum absolute atomic E-state index is 0.103. The number of nitrogens with one attached hydrogen (secondary N) is 2. The second kappa shape index (κ2) is 9.97. The fraction of sp³-hybridized carbons (Fsp3) is 0.148. The van der Waals surface area contributed by atoms with Gasteiger partial charge in [0.2, 0.25) is 0 Å². The minimum atomic E-state index is -3.74. The van der Waals surface area contributed by atoms with Crippen LogP contribution in [-0.4, -0.2) is 20.4 Å². The van der Waals surface area contributed by atoms with Gasteiger partial charge in [0.15, 0.2) is 6.10 Å². The number of ether oxygens (including phenoxy) is 1. The van der Waals surface area contributed by atoms with E-state index in [2.05, 4.69) is 10.0 Å². The van der Waals surface area contributed by atoms with E-state index in [1.165, 1.54) is 12.1 Å². The van der Waals surface area contributed by atoms with Gasteiger partial charge in [0.1, 0.15) is 5.75 Å². The summed E-state index contributed by atoms with van der Waals surface area (Å²) < 4.78 is 33.9. The van der Waals surface area contributed by atoms with Crippen LogP contribution in [0.5, 0.6) is 5.75 Å². The summed E-state index contributed by atoms with van der Waals surface area (Å²) in [5.41, 5.74) is 1.93. The highest BCUT2D eigenvalue weighted by Gasteiger charge is 2.20. The Morgan fingerprint density at radius 1 is 0.853 bits per heavy atom. The summed E-state index contributed by atoms with van der Waals surface area (Å²) in [6, 6.07) is 26.8. The molecule has 0 saturated carbocycles. The molecule has 0 heterocycles. The molecule has 0 fully saturated rings. The van der Waals surface area contributed by atoms with E-state index < -0.39 is 16.1 Å². The SMILES string of the molecule is CCC(Oc1ccc2ccccc2c1)C(=O)Nc1ccc(S(=O)(=O)Nc2cccc(C)c2)cc1. The van der Waals surface area contributed by atoms with Crippen molar-refractivity contribution in [1.82, 2.24) is 0 Å². The molecule has 4 aromatic rings. The van der Waals surface area contributed by atoms with Gasteiger partial charge in [-0.15, -0.1) is 0 Å². The van der Waals surface area contributed by atoms with Gasteiger partial charge in [-0.05, 0) is 78.2 Å². The van der Waals surface area contributed by atoms with Crippen molar-refractivity contribution >= 4 is 38.1 Å². The van der Waals surface area contributed by atoms with Crippen molar-refractivity contribution in [3.05, 3.63) is 96.6 Å². The number of benzene rings is 4. The van der Waals surface area contributed by atoms with Crippen molar-refractivity contribution in [2.45, 2.75) is 31.3 Å². The van der Waals surface area contributed by atoms with Crippen LogP contribution in [-0.2, 0) is 14.8 Å². The van der Waals surface area contributed by atoms with Crippen molar-refractivity contribution in [1.29, 1.82) is 0 Å². The highest BCUT2D eigenvalue weighted by Crippen LogP contribution is 2.23. The van der Waals surface area contributed by atoms with Crippen LogP contribution >= 0.6 is 0 Å². The van der Waals surface area contributed by atoms with E-state index in [1.807, 2.05) is 62.4 Å². The number of aryl methyl sites for hydroxylation is 1. The summed E-state index contributed by atoms with van der Waals surface area (Å²) in [5.74, 6) is 0.313. The van der Waals surface area contributed by atoms with E-state index >= 15 is 0 Å². The lowest BCUT2D eigenvalue weighted by Gasteiger charge is -2.18. The highest BCUT2D eigenvalue weighted by atomic mass is 32.2. The fourth-order valence-electron chi connectivity index (χ4n) is 3.59. The average Bonchev–Trinajstić information content (AvgIpc) is 2.82. The topological polar surface area (TPSA) is 84.5 Å². The zero-order valence-corrected chi connectivity index (χ0v) is 19.8. The molecule has 0 aromatic heterocycles. The van der Waals surface area contributed by atoms with Gasteiger partial charge < -0.3 is 10.1 Å². The van der Waals surface area contributed by atoms with Crippen molar-refractivity contribution in [2.75, 3.05) is 10.0 Å². The number of anilines is 2. The molecule has 0 aliphatic heterocycles. The number of fused-ring (bicyclic) bond motifs is 1. The van der Waals surface area contributed by atoms with Gasteiger partial charge in [-0.3, -0.25) is 9.52 Å². The number of hydrogen-bond acceptors (Lipinski definition) is 4. The van der Waals surface area contributed by atoms with E-state index in [4.69, 9.17) is 4.74 Å². The first-order chi connectivity index (χ1) is 16.3. The number of hydrogen-bond donors (Lipinski definition) is 2. The highest BCUT2D eigenvalue weighted by molar-refractivity contribution is 7.92. The van der Waals surface area contributed by atoms with Crippen molar-refractivity contribution in [3.8, 4) is 5.75 Å². The Labute approximate surface area is 199 Å². The Bertz CT molecular complexity index is 1420. The molecule has 0 bridgehead atoms. The molecule has 7 heteroatoms. The Balaban J connectivity index is 1.42. The number of sulfonamides is 1. The van der Waals surface area contributed by atoms with Crippen LogP contribution in [0.25, 0.3) is 10.8 Å². The number of rotatable bonds is 8.